The smallest absolute Gasteiger partial charge is 0.257 e. The van der Waals surface area contributed by atoms with Gasteiger partial charge in [0.1, 0.15) is 12.1 Å². The van der Waals surface area contributed by atoms with Crippen LogP contribution in [0, 0.1) is 0 Å². The van der Waals surface area contributed by atoms with E-state index < -0.39 is 5.91 Å². The molecule has 0 unspecified atom stereocenters. The Labute approximate surface area is 142 Å². The molecule has 2 aromatic carbocycles. The van der Waals surface area contributed by atoms with Crippen LogP contribution in [-0.2, 0) is 4.79 Å². The molecule has 1 aromatic heterocycles. The predicted octanol–water partition coefficient (Wildman–Crippen LogP) is 0.779. The van der Waals surface area contributed by atoms with Gasteiger partial charge in [-0.15, -0.1) is 5.10 Å². The molecule has 0 spiro atoms. The van der Waals surface area contributed by atoms with E-state index in [9.17, 15) is 9.59 Å². The number of para-hydroxylation sites is 1. The van der Waals surface area contributed by atoms with E-state index in [2.05, 4.69) is 20.8 Å². The van der Waals surface area contributed by atoms with Crippen molar-refractivity contribution in [1.82, 2.24) is 20.2 Å². The van der Waals surface area contributed by atoms with Gasteiger partial charge in [-0.2, -0.15) is 4.68 Å². The fraction of sp³-hybridized carbons (Fsp3) is 0.0625. The fourth-order valence-corrected chi connectivity index (χ4v) is 2.15. The molecule has 0 aliphatic rings. The number of hydrogen-bond donors (Lipinski definition) is 2. The Morgan fingerprint density at radius 3 is 2.76 bits per heavy atom. The molecule has 0 saturated carbocycles. The first-order chi connectivity index (χ1) is 12.1. The van der Waals surface area contributed by atoms with Crippen LogP contribution in [0.4, 0.5) is 5.69 Å². The summed E-state index contributed by atoms with van der Waals surface area (Å²) in [7, 11) is 0. The van der Waals surface area contributed by atoms with Crippen LogP contribution in [0.25, 0.3) is 5.69 Å². The van der Waals surface area contributed by atoms with Crippen molar-refractivity contribution in [2.24, 2.45) is 5.73 Å². The largest absolute Gasteiger partial charge is 0.484 e. The summed E-state index contributed by atoms with van der Waals surface area (Å²) in [6.07, 6.45) is 1.41. The van der Waals surface area contributed by atoms with Gasteiger partial charge >= 0.3 is 0 Å². The van der Waals surface area contributed by atoms with E-state index in [1.165, 1.54) is 11.0 Å². The van der Waals surface area contributed by atoms with Gasteiger partial charge in [0.2, 0.25) is 0 Å². The summed E-state index contributed by atoms with van der Waals surface area (Å²) in [5.74, 6) is -0.492. The van der Waals surface area contributed by atoms with Crippen LogP contribution in [0.5, 0.6) is 5.75 Å². The second-order valence-electron chi connectivity index (χ2n) is 5.01. The minimum atomic E-state index is -0.579. The van der Waals surface area contributed by atoms with E-state index in [0.29, 0.717) is 22.7 Å². The molecule has 0 saturated heterocycles. The normalized spacial score (nSPS) is 10.2. The zero-order valence-electron chi connectivity index (χ0n) is 13.0. The number of benzene rings is 2. The molecular formula is C16H14N6O3. The number of tetrazole rings is 1. The number of carbonyl (C=O) groups excluding carboxylic acids is 2. The number of nitrogens with two attached hydrogens (primary N) is 1. The number of rotatable bonds is 6. The first-order valence-corrected chi connectivity index (χ1v) is 7.28. The molecule has 0 aliphatic carbocycles. The Hall–Kier alpha value is -3.75. The van der Waals surface area contributed by atoms with Crippen LogP contribution in [0.3, 0.4) is 0 Å². The van der Waals surface area contributed by atoms with Gasteiger partial charge in [-0.05, 0) is 34.7 Å². The maximum absolute atomic E-state index is 12.6. The summed E-state index contributed by atoms with van der Waals surface area (Å²) in [6.45, 7) is -0.237. The van der Waals surface area contributed by atoms with Crippen molar-refractivity contribution in [3.63, 3.8) is 0 Å². The Morgan fingerprint density at radius 2 is 2.00 bits per heavy atom. The van der Waals surface area contributed by atoms with E-state index in [4.69, 9.17) is 10.5 Å². The van der Waals surface area contributed by atoms with E-state index in [-0.39, 0.29) is 12.5 Å². The number of primary amides is 1. The number of hydrogen-bond acceptors (Lipinski definition) is 6. The van der Waals surface area contributed by atoms with Crippen molar-refractivity contribution in [3.05, 3.63) is 60.4 Å². The molecule has 3 N–H and O–H groups in total. The lowest BCUT2D eigenvalue weighted by Crippen LogP contribution is -2.20. The molecule has 1 heterocycles. The highest BCUT2D eigenvalue weighted by Crippen LogP contribution is 2.19. The predicted molar refractivity (Wildman–Crippen MR) is 88.2 cm³/mol. The first kappa shape index (κ1) is 16.1. The van der Waals surface area contributed by atoms with Crippen LogP contribution >= 0.6 is 0 Å². The molecule has 0 aliphatic heterocycles. The average Bonchev–Trinajstić information content (AvgIpc) is 3.15. The number of nitrogens with zero attached hydrogens (tertiary/aromatic N) is 4. The second-order valence-corrected chi connectivity index (χ2v) is 5.01. The number of nitrogens with one attached hydrogen (secondary N) is 1. The van der Waals surface area contributed by atoms with Gasteiger partial charge in [0, 0.05) is 11.8 Å². The highest BCUT2D eigenvalue weighted by molar-refractivity contribution is 6.06. The monoisotopic (exact) mass is 338 g/mol. The van der Waals surface area contributed by atoms with Crippen molar-refractivity contribution >= 4 is 17.5 Å². The van der Waals surface area contributed by atoms with Gasteiger partial charge in [-0.3, -0.25) is 9.59 Å². The topological polar surface area (TPSA) is 125 Å². The van der Waals surface area contributed by atoms with Gasteiger partial charge < -0.3 is 15.8 Å². The lowest BCUT2D eigenvalue weighted by atomic mass is 10.1. The quantitative estimate of drug-likeness (QED) is 0.684. The van der Waals surface area contributed by atoms with Crippen molar-refractivity contribution in [2.45, 2.75) is 0 Å². The van der Waals surface area contributed by atoms with Crippen LogP contribution in [0.2, 0.25) is 0 Å². The minimum Gasteiger partial charge on any atom is -0.484 e. The lowest BCUT2D eigenvalue weighted by molar-refractivity contribution is -0.119. The summed E-state index contributed by atoms with van der Waals surface area (Å²) in [6, 6.07) is 13.6. The summed E-state index contributed by atoms with van der Waals surface area (Å²) in [4.78, 5) is 23.4. The molecule has 9 heteroatoms. The molecule has 0 fully saturated rings. The van der Waals surface area contributed by atoms with Crippen molar-refractivity contribution in [1.29, 1.82) is 0 Å². The van der Waals surface area contributed by atoms with Gasteiger partial charge in [-0.1, -0.05) is 18.2 Å². The molecule has 0 radical (unpaired) electrons. The van der Waals surface area contributed by atoms with Crippen molar-refractivity contribution in [3.8, 4) is 11.4 Å². The molecule has 2 amide bonds. The van der Waals surface area contributed by atoms with E-state index in [1.54, 1.807) is 48.5 Å². The van der Waals surface area contributed by atoms with Crippen LogP contribution < -0.4 is 15.8 Å². The molecule has 0 atom stereocenters. The Kier molecular flexibility index (Phi) is 4.65. The molecule has 3 aromatic rings. The Morgan fingerprint density at radius 1 is 1.16 bits per heavy atom. The van der Waals surface area contributed by atoms with Crippen LogP contribution in [0.15, 0.2) is 54.9 Å². The third-order valence-corrected chi connectivity index (χ3v) is 3.22. The summed E-state index contributed by atoms with van der Waals surface area (Å²) in [5.41, 5.74) is 6.51. The number of carbonyl (C=O) groups is 2. The van der Waals surface area contributed by atoms with Gasteiger partial charge in [0.25, 0.3) is 11.8 Å². The highest BCUT2D eigenvalue weighted by atomic mass is 16.5. The second kappa shape index (κ2) is 7.21. The zero-order chi connectivity index (χ0) is 17.6. The fourth-order valence-electron chi connectivity index (χ4n) is 2.15. The standard InChI is InChI=1S/C16H14N6O3/c17-15(23)9-25-12-5-3-4-11(8-12)19-16(24)13-6-1-2-7-14(13)22-10-18-20-21-22/h1-8,10H,9H2,(H2,17,23)(H,19,24). The van der Waals surface area contributed by atoms with Crippen molar-refractivity contribution in [2.75, 3.05) is 11.9 Å². The van der Waals surface area contributed by atoms with Gasteiger partial charge in [0.15, 0.2) is 6.61 Å². The maximum atomic E-state index is 12.6. The van der Waals surface area contributed by atoms with Crippen LogP contribution in [-0.4, -0.2) is 38.6 Å². The van der Waals surface area contributed by atoms with E-state index in [1.807, 2.05) is 0 Å². The summed E-state index contributed by atoms with van der Waals surface area (Å²) < 4.78 is 6.63. The van der Waals surface area contributed by atoms with Gasteiger partial charge in [-0.25, -0.2) is 0 Å². The molecular weight excluding hydrogens is 324 g/mol. The highest BCUT2D eigenvalue weighted by Gasteiger charge is 2.13. The van der Waals surface area contributed by atoms with E-state index in [0.717, 1.165) is 0 Å². The molecule has 126 valence electrons. The number of aromatic nitrogens is 4. The summed E-state index contributed by atoms with van der Waals surface area (Å²) >= 11 is 0. The third kappa shape index (κ3) is 3.96. The zero-order valence-corrected chi connectivity index (χ0v) is 13.0. The number of ether oxygens (including phenoxy) is 1. The Balaban J connectivity index is 1.79. The van der Waals surface area contributed by atoms with E-state index >= 15 is 0 Å². The van der Waals surface area contributed by atoms with Crippen LogP contribution in [0.1, 0.15) is 10.4 Å². The number of amides is 2. The first-order valence-electron chi connectivity index (χ1n) is 7.28. The SMILES string of the molecule is NC(=O)COc1cccc(NC(=O)c2ccccc2-n2cnnn2)c1. The van der Waals surface area contributed by atoms with Gasteiger partial charge in [0.05, 0.1) is 11.3 Å². The maximum Gasteiger partial charge on any atom is 0.257 e. The number of anilines is 1. The molecule has 0 bridgehead atoms. The summed E-state index contributed by atoms with van der Waals surface area (Å²) in [5, 5.41) is 13.7. The molecule has 3 rings (SSSR count). The molecule has 25 heavy (non-hydrogen) atoms. The Bertz CT molecular complexity index is 894. The minimum absolute atomic E-state index is 0.237. The molecule has 9 nitrogen and oxygen atoms in total. The van der Waals surface area contributed by atoms with Crippen molar-refractivity contribution < 1.29 is 14.3 Å². The average molecular weight is 338 g/mol. The lowest BCUT2D eigenvalue weighted by Gasteiger charge is -2.10. The third-order valence-electron chi connectivity index (χ3n) is 3.22.